The monoisotopic (exact) mass is 207 g/mol. The zero-order chi connectivity index (χ0) is 11.3. The average Bonchev–Trinajstić information content (AvgIpc) is 2.76. The predicted octanol–water partition coefficient (Wildman–Crippen LogP) is 1.11. The number of nitrogens with zero attached hydrogens (tertiary/aromatic N) is 5. The van der Waals surface area contributed by atoms with E-state index in [1.807, 2.05) is 39.6 Å². The van der Waals surface area contributed by atoms with Gasteiger partial charge in [-0.25, -0.2) is 0 Å². The van der Waals surface area contributed by atoms with Gasteiger partial charge in [0.15, 0.2) is 0 Å². The molecule has 0 amide bonds. The zero-order valence-electron chi connectivity index (χ0n) is 9.68. The van der Waals surface area contributed by atoms with Gasteiger partial charge in [-0.05, 0) is 18.9 Å². The molecule has 2 aromatic rings. The molecule has 0 unspecified atom stereocenters. The third kappa shape index (κ3) is 3.93. The average molecular weight is 207 g/mol. The van der Waals surface area contributed by atoms with Crippen LogP contribution in [0.2, 0.25) is 0 Å². The Bertz CT molecular complexity index is 385. The van der Waals surface area contributed by atoms with Crippen LogP contribution in [0.3, 0.4) is 0 Å². The van der Waals surface area contributed by atoms with E-state index in [4.69, 9.17) is 0 Å². The van der Waals surface area contributed by atoms with E-state index in [2.05, 4.69) is 22.3 Å². The third-order valence-electron chi connectivity index (χ3n) is 1.85. The van der Waals surface area contributed by atoms with E-state index in [1.54, 1.807) is 9.36 Å². The summed E-state index contributed by atoms with van der Waals surface area (Å²) in [6.45, 7) is 4.08. The van der Waals surface area contributed by atoms with Crippen molar-refractivity contribution < 1.29 is 0 Å². The largest absolute Gasteiger partial charge is 0.276 e. The van der Waals surface area contributed by atoms with E-state index >= 15 is 0 Å². The molecule has 0 aliphatic rings. The summed E-state index contributed by atoms with van der Waals surface area (Å²) >= 11 is 0. The minimum absolute atomic E-state index is 0.966. The summed E-state index contributed by atoms with van der Waals surface area (Å²) in [4.78, 5) is 0. The van der Waals surface area contributed by atoms with Crippen molar-refractivity contribution in [1.29, 1.82) is 0 Å². The fourth-order valence-electron chi connectivity index (χ4n) is 1.10. The van der Waals surface area contributed by atoms with Crippen LogP contribution in [0.1, 0.15) is 18.2 Å². The van der Waals surface area contributed by atoms with Gasteiger partial charge in [0, 0.05) is 26.5 Å². The van der Waals surface area contributed by atoms with Gasteiger partial charge in [0.1, 0.15) is 0 Å². The summed E-state index contributed by atoms with van der Waals surface area (Å²) in [7, 11) is 3.78. The fourth-order valence-corrected chi connectivity index (χ4v) is 1.10. The highest BCUT2D eigenvalue weighted by molar-refractivity contribution is 4.98. The number of hydrogen-bond donors (Lipinski definition) is 0. The van der Waals surface area contributed by atoms with Crippen LogP contribution in [0, 0.1) is 6.92 Å². The van der Waals surface area contributed by atoms with Crippen LogP contribution in [0.25, 0.3) is 0 Å². The molecule has 0 N–H and O–H groups in total. The smallest absolute Gasteiger partial charge is 0.0824 e. The summed E-state index contributed by atoms with van der Waals surface area (Å²) in [5.41, 5.74) is 2.26. The van der Waals surface area contributed by atoms with E-state index in [1.165, 1.54) is 5.56 Å². The van der Waals surface area contributed by atoms with Gasteiger partial charge >= 0.3 is 0 Å². The van der Waals surface area contributed by atoms with E-state index in [9.17, 15) is 0 Å². The van der Waals surface area contributed by atoms with Gasteiger partial charge in [-0.2, -0.15) is 5.10 Å². The number of hydrogen-bond acceptors (Lipinski definition) is 3. The maximum atomic E-state index is 3.93. The topological polar surface area (TPSA) is 48.5 Å². The van der Waals surface area contributed by atoms with Gasteiger partial charge in [-0.15, -0.1) is 5.10 Å². The van der Waals surface area contributed by atoms with E-state index in [-0.39, 0.29) is 0 Å². The first-order valence-corrected chi connectivity index (χ1v) is 4.92. The minimum Gasteiger partial charge on any atom is -0.276 e. The van der Waals surface area contributed by atoms with Crippen molar-refractivity contribution in [3.05, 3.63) is 29.8 Å². The Morgan fingerprint density at radius 1 is 1.20 bits per heavy atom. The normalized spacial score (nSPS) is 9.60. The lowest BCUT2D eigenvalue weighted by Gasteiger charge is -1.78. The molecule has 5 nitrogen and oxygen atoms in total. The molecule has 0 bridgehead atoms. The first-order chi connectivity index (χ1) is 7.11. The van der Waals surface area contributed by atoms with Gasteiger partial charge in [0.2, 0.25) is 0 Å². The second kappa shape index (κ2) is 5.29. The molecule has 0 atom stereocenters. The third-order valence-corrected chi connectivity index (χ3v) is 1.85. The SMILES string of the molecule is CCc1cn(C)nn1.Cc1cnn(C)c1. The molecular weight excluding hydrogens is 190 g/mol. The molecule has 0 aliphatic heterocycles. The Kier molecular flexibility index (Phi) is 4.03. The molecule has 2 rings (SSSR count). The van der Waals surface area contributed by atoms with Gasteiger partial charge in [-0.3, -0.25) is 9.36 Å². The standard InChI is InChI=1S/C5H9N3.C5H8N2/c1-3-5-4-8(2)7-6-5;1-5-3-6-7(2)4-5/h4H,3H2,1-2H3;3-4H,1-2H3. The van der Waals surface area contributed by atoms with Crippen molar-refractivity contribution in [3.63, 3.8) is 0 Å². The van der Waals surface area contributed by atoms with Crippen LogP contribution in [0.5, 0.6) is 0 Å². The molecule has 0 radical (unpaired) electrons. The Morgan fingerprint density at radius 2 is 1.93 bits per heavy atom. The van der Waals surface area contributed by atoms with Crippen molar-refractivity contribution in [1.82, 2.24) is 24.8 Å². The lowest BCUT2D eigenvalue weighted by atomic mass is 10.4. The molecule has 15 heavy (non-hydrogen) atoms. The van der Waals surface area contributed by atoms with Crippen LogP contribution in [-0.4, -0.2) is 24.8 Å². The highest BCUT2D eigenvalue weighted by Gasteiger charge is 1.90. The molecular formula is C10H17N5. The molecule has 0 saturated carbocycles. The van der Waals surface area contributed by atoms with Crippen molar-refractivity contribution >= 4 is 0 Å². The molecule has 2 aromatic heterocycles. The molecule has 0 aromatic carbocycles. The van der Waals surface area contributed by atoms with Crippen molar-refractivity contribution in [2.45, 2.75) is 20.3 Å². The number of aromatic nitrogens is 5. The maximum absolute atomic E-state index is 3.93. The Morgan fingerprint density at radius 3 is 2.13 bits per heavy atom. The summed E-state index contributed by atoms with van der Waals surface area (Å²) in [6.07, 6.45) is 6.69. The molecule has 0 saturated heterocycles. The van der Waals surface area contributed by atoms with E-state index in [0.29, 0.717) is 0 Å². The zero-order valence-corrected chi connectivity index (χ0v) is 9.68. The second-order valence-corrected chi connectivity index (χ2v) is 3.43. The summed E-state index contributed by atoms with van der Waals surface area (Å²) in [5, 5.41) is 11.5. The summed E-state index contributed by atoms with van der Waals surface area (Å²) < 4.78 is 3.49. The van der Waals surface area contributed by atoms with Gasteiger partial charge in [0.05, 0.1) is 11.9 Å². The fraction of sp³-hybridized carbons (Fsp3) is 0.500. The lowest BCUT2D eigenvalue weighted by Crippen LogP contribution is -1.85. The van der Waals surface area contributed by atoms with Crippen molar-refractivity contribution in [3.8, 4) is 0 Å². The highest BCUT2D eigenvalue weighted by Crippen LogP contribution is 1.89. The Labute approximate surface area is 89.7 Å². The van der Waals surface area contributed by atoms with E-state index in [0.717, 1.165) is 12.1 Å². The Balaban J connectivity index is 0.000000151. The predicted molar refractivity (Wildman–Crippen MR) is 58.3 cm³/mol. The quantitative estimate of drug-likeness (QED) is 0.703. The highest BCUT2D eigenvalue weighted by atomic mass is 15.4. The number of aryl methyl sites for hydroxylation is 4. The van der Waals surface area contributed by atoms with Crippen LogP contribution in [0.4, 0.5) is 0 Å². The van der Waals surface area contributed by atoms with Crippen molar-refractivity contribution in [2.75, 3.05) is 0 Å². The van der Waals surface area contributed by atoms with Crippen LogP contribution in [0.15, 0.2) is 18.6 Å². The van der Waals surface area contributed by atoms with Crippen LogP contribution >= 0.6 is 0 Å². The van der Waals surface area contributed by atoms with Gasteiger partial charge < -0.3 is 0 Å². The summed E-state index contributed by atoms with van der Waals surface area (Å²) in [5.74, 6) is 0. The molecule has 0 fully saturated rings. The molecule has 0 spiro atoms. The summed E-state index contributed by atoms with van der Waals surface area (Å²) in [6, 6.07) is 0. The lowest BCUT2D eigenvalue weighted by molar-refractivity contribution is 0.713. The molecule has 5 heteroatoms. The molecule has 82 valence electrons. The number of rotatable bonds is 1. The van der Waals surface area contributed by atoms with Crippen molar-refractivity contribution in [2.24, 2.45) is 14.1 Å². The Hall–Kier alpha value is -1.65. The van der Waals surface area contributed by atoms with Crippen LogP contribution in [-0.2, 0) is 20.5 Å². The van der Waals surface area contributed by atoms with Gasteiger partial charge in [0.25, 0.3) is 0 Å². The first kappa shape index (κ1) is 11.4. The van der Waals surface area contributed by atoms with E-state index < -0.39 is 0 Å². The maximum Gasteiger partial charge on any atom is 0.0824 e. The second-order valence-electron chi connectivity index (χ2n) is 3.43. The first-order valence-electron chi connectivity index (χ1n) is 4.92. The minimum atomic E-state index is 0.966. The van der Waals surface area contributed by atoms with Gasteiger partial charge in [-0.1, -0.05) is 12.1 Å². The molecule has 0 aliphatic carbocycles. The van der Waals surface area contributed by atoms with Crippen LogP contribution < -0.4 is 0 Å². The molecule has 2 heterocycles.